The lowest BCUT2D eigenvalue weighted by molar-refractivity contribution is -0.115. The molecule has 1 heterocycles. The van der Waals surface area contributed by atoms with E-state index in [2.05, 4.69) is 11.4 Å². The van der Waals surface area contributed by atoms with E-state index in [1.165, 1.54) is 0 Å². The van der Waals surface area contributed by atoms with E-state index in [4.69, 9.17) is 0 Å². The van der Waals surface area contributed by atoms with Gasteiger partial charge in [0.25, 0.3) is 5.91 Å². The van der Waals surface area contributed by atoms with E-state index in [-0.39, 0.29) is 11.8 Å². The molecular formula is C15H13NO. The summed E-state index contributed by atoms with van der Waals surface area (Å²) in [6, 6.07) is 9.97. The Morgan fingerprint density at radius 2 is 2.06 bits per heavy atom. The van der Waals surface area contributed by atoms with Crippen LogP contribution in [-0.2, 0) is 4.79 Å². The van der Waals surface area contributed by atoms with Gasteiger partial charge in [-0.25, -0.2) is 0 Å². The number of hydrogen-bond donors (Lipinski definition) is 1. The summed E-state index contributed by atoms with van der Waals surface area (Å²) >= 11 is 0. The van der Waals surface area contributed by atoms with Gasteiger partial charge < -0.3 is 5.32 Å². The Morgan fingerprint density at radius 1 is 1.24 bits per heavy atom. The molecule has 1 unspecified atom stereocenters. The molecule has 0 bridgehead atoms. The number of amides is 1. The number of rotatable bonds is 1. The molecule has 1 aliphatic heterocycles. The number of fused-ring (bicyclic) bond motifs is 1. The third-order valence-electron chi connectivity index (χ3n) is 3.18. The maximum absolute atomic E-state index is 11.9. The Morgan fingerprint density at radius 3 is 2.88 bits per heavy atom. The van der Waals surface area contributed by atoms with E-state index >= 15 is 0 Å². The first-order chi connectivity index (χ1) is 8.34. The van der Waals surface area contributed by atoms with Gasteiger partial charge in [-0.2, -0.15) is 0 Å². The van der Waals surface area contributed by atoms with Crippen molar-refractivity contribution in [1.82, 2.24) is 5.32 Å². The average Bonchev–Trinajstić information content (AvgIpc) is 2.68. The fourth-order valence-corrected chi connectivity index (χ4v) is 2.31. The van der Waals surface area contributed by atoms with Gasteiger partial charge in [0, 0.05) is 17.2 Å². The van der Waals surface area contributed by atoms with Gasteiger partial charge in [0.1, 0.15) is 0 Å². The van der Waals surface area contributed by atoms with Crippen molar-refractivity contribution in [2.75, 3.05) is 0 Å². The normalized spacial score (nSPS) is 24.5. The van der Waals surface area contributed by atoms with E-state index in [9.17, 15) is 4.79 Å². The van der Waals surface area contributed by atoms with Gasteiger partial charge in [0.2, 0.25) is 0 Å². The second-order valence-corrected chi connectivity index (χ2v) is 4.30. The predicted molar refractivity (Wildman–Crippen MR) is 67.9 cm³/mol. The molecule has 1 aromatic carbocycles. The van der Waals surface area contributed by atoms with Crippen molar-refractivity contribution in [1.29, 1.82) is 0 Å². The van der Waals surface area contributed by atoms with Gasteiger partial charge >= 0.3 is 0 Å². The number of carbonyl (C=O) groups is 1. The maximum atomic E-state index is 11.9. The average molecular weight is 223 g/mol. The van der Waals surface area contributed by atoms with Gasteiger partial charge in [-0.05, 0) is 24.1 Å². The quantitative estimate of drug-likeness (QED) is 0.729. The molecule has 3 rings (SSSR count). The molecule has 1 amide bonds. The Hall–Kier alpha value is -2.09. The summed E-state index contributed by atoms with van der Waals surface area (Å²) in [7, 11) is 0. The van der Waals surface area contributed by atoms with Crippen molar-refractivity contribution in [2.45, 2.75) is 6.42 Å². The molecular weight excluding hydrogens is 210 g/mol. The van der Waals surface area contributed by atoms with Crippen molar-refractivity contribution < 1.29 is 4.79 Å². The molecule has 1 saturated heterocycles. The first-order valence-corrected chi connectivity index (χ1v) is 5.79. The third kappa shape index (κ3) is 1.82. The second-order valence-electron chi connectivity index (χ2n) is 4.30. The lowest BCUT2D eigenvalue weighted by Crippen LogP contribution is -2.13. The maximum Gasteiger partial charge on any atom is 0.252 e. The van der Waals surface area contributed by atoms with Crippen molar-refractivity contribution in [3.8, 4) is 0 Å². The molecule has 84 valence electrons. The number of carbonyl (C=O) groups excluding carboxylic acids is 1. The smallest absolute Gasteiger partial charge is 0.252 e. The first-order valence-electron chi connectivity index (χ1n) is 5.79. The largest absolute Gasteiger partial charge is 0.325 e. The molecule has 0 spiro atoms. The van der Waals surface area contributed by atoms with Crippen LogP contribution in [0.4, 0.5) is 0 Å². The summed E-state index contributed by atoms with van der Waals surface area (Å²) in [6.07, 6.45) is 8.98. The Balaban J connectivity index is 1.98. The minimum absolute atomic E-state index is 0.0359. The highest BCUT2D eigenvalue weighted by molar-refractivity contribution is 6.03. The SMILES string of the molecule is O=C1NC2=CC=CCC2C1=Cc1ccccc1. The molecule has 2 heteroatoms. The van der Waals surface area contributed by atoms with Crippen LogP contribution in [0.25, 0.3) is 6.08 Å². The van der Waals surface area contributed by atoms with E-state index < -0.39 is 0 Å². The minimum atomic E-state index is 0.0359. The van der Waals surface area contributed by atoms with Gasteiger partial charge in [0.05, 0.1) is 0 Å². The van der Waals surface area contributed by atoms with Crippen molar-refractivity contribution in [3.05, 3.63) is 65.4 Å². The lowest BCUT2D eigenvalue weighted by atomic mass is 9.91. The van der Waals surface area contributed by atoms with Crippen LogP contribution in [0.2, 0.25) is 0 Å². The Kier molecular flexibility index (Phi) is 2.41. The molecule has 1 N–H and O–H groups in total. The molecule has 1 atom stereocenters. The van der Waals surface area contributed by atoms with Crippen LogP contribution in [0.3, 0.4) is 0 Å². The monoisotopic (exact) mass is 223 g/mol. The van der Waals surface area contributed by atoms with Crippen LogP contribution in [0.1, 0.15) is 12.0 Å². The molecule has 1 aromatic rings. The van der Waals surface area contributed by atoms with E-state index in [0.717, 1.165) is 23.3 Å². The van der Waals surface area contributed by atoms with E-state index in [1.807, 2.05) is 48.6 Å². The fourth-order valence-electron chi connectivity index (χ4n) is 2.31. The van der Waals surface area contributed by atoms with Gasteiger partial charge in [-0.1, -0.05) is 42.5 Å². The highest BCUT2D eigenvalue weighted by Gasteiger charge is 2.32. The van der Waals surface area contributed by atoms with E-state index in [0.29, 0.717) is 0 Å². The summed E-state index contributed by atoms with van der Waals surface area (Å²) in [4.78, 5) is 11.9. The minimum Gasteiger partial charge on any atom is -0.325 e. The summed E-state index contributed by atoms with van der Waals surface area (Å²) in [5.41, 5.74) is 2.97. The molecule has 1 aliphatic carbocycles. The zero-order valence-electron chi connectivity index (χ0n) is 9.39. The summed E-state index contributed by atoms with van der Waals surface area (Å²) < 4.78 is 0. The number of nitrogens with one attached hydrogen (secondary N) is 1. The molecule has 17 heavy (non-hydrogen) atoms. The first kappa shape index (κ1) is 10.1. The van der Waals surface area contributed by atoms with Crippen LogP contribution in [0.15, 0.2) is 59.8 Å². The lowest BCUT2D eigenvalue weighted by Gasteiger charge is -2.11. The summed E-state index contributed by atoms with van der Waals surface area (Å²) in [5.74, 6) is 0.251. The zero-order valence-corrected chi connectivity index (χ0v) is 9.39. The molecule has 2 nitrogen and oxygen atoms in total. The van der Waals surface area contributed by atoms with Crippen LogP contribution in [-0.4, -0.2) is 5.91 Å². The molecule has 0 radical (unpaired) electrons. The Labute approximate surface area is 100 Å². The fraction of sp³-hybridized carbons (Fsp3) is 0.133. The van der Waals surface area contributed by atoms with Crippen LogP contribution in [0.5, 0.6) is 0 Å². The second kappa shape index (κ2) is 4.06. The van der Waals surface area contributed by atoms with Crippen LogP contribution in [0, 0.1) is 5.92 Å². The zero-order chi connectivity index (χ0) is 11.7. The van der Waals surface area contributed by atoms with Crippen LogP contribution >= 0.6 is 0 Å². The molecule has 2 aliphatic rings. The number of benzene rings is 1. The van der Waals surface area contributed by atoms with Crippen LogP contribution < -0.4 is 5.32 Å². The van der Waals surface area contributed by atoms with E-state index in [1.54, 1.807) is 0 Å². The predicted octanol–water partition coefficient (Wildman–Crippen LogP) is 2.66. The Bertz CT molecular complexity index is 537. The molecule has 0 aromatic heterocycles. The standard InChI is InChI=1S/C15H13NO/c17-15-13(10-11-6-2-1-3-7-11)12-8-4-5-9-14(12)16-15/h1-7,9-10,12H,8H2,(H,16,17). The highest BCUT2D eigenvalue weighted by atomic mass is 16.2. The van der Waals surface area contributed by atoms with Gasteiger partial charge in [-0.3, -0.25) is 4.79 Å². The highest BCUT2D eigenvalue weighted by Crippen LogP contribution is 2.32. The molecule has 0 saturated carbocycles. The number of allylic oxidation sites excluding steroid dienone is 4. The topological polar surface area (TPSA) is 29.1 Å². The van der Waals surface area contributed by atoms with Gasteiger partial charge in [0.15, 0.2) is 0 Å². The van der Waals surface area contributed by atoms with Crippen molar-refractivity contribution in [2.24, 2.45) is 5.92 Å². The summed E-state index contributed by atoms with van der Waals surface area (Å²) in [5, 5.41) is 2.93. The molecule has 1 fully saturated rings. The van der Waals surface area contributed by atoms with Crippen molar-refractivity contribution >= 4 is 12.0 Å². The van der Waals surface area contributed by atoms with Gasteiger partial charge in [-0.15, -0.1) is 0 Å². The third-order valence-corrected chi connectivity index (χ3v) is 3.18. The summed E-state index contributed by atoms with van der Waals surface area (Å²) in [6.45, 7) is 0. The number of hydrogen-bond acceptors (Lipinski definition) is 1. The van der Waals surface area contributed by atoms with Crippen molar-refractivity contribution in [3.63, 3.8) is 0 Å².